The van der Waals surface area contributed by atoms with Gasteiger partial charge in [-0.2, -0.15) is 0 Å². The van der Waals surface area contributed by atoms with Gasteiger partial charge < -0.3 is 4.74 Å². The molecule has 0 saturated heterocycles. The Morgan fingerprint density at radius 3 is 2.32 bits per heavy atom. The van der Waals surface area contributed by atoms with E-state index in [0.29, 0.717) is 0 Å². The van der Waals surface area contributed by atoms with Crippen LogP contribution < -0.4 is 4.74 Å². The number of hydrogen-bond acceptors (Lipinski definition) is 1. The molecule has 0 saturated carbocycles. The van der Waals surface area contributed by atoms with Gasteiger partial charge in [0.2, 0.25) is 0 Å². The highest BCUT2D eigenvalue weighted by atomic mass is 16.5. The fourth-order valence-electron chi connectivity index (χ4n) is 4.14. The Morgan fingerprint density at radius 2 is 1.48 bits per heavy atom. The molecule has 0 heterocycles. The van der Waals surface area contributed by atoms with Crippen molar-refractivity contribution in [3.63, 3.8) is 0 Å². The third kappa shape index (κ3) is 2.09. The maximum Gasteiger partial charge on any atom is 0.119 e. The minimum Gasteiger partial charge on any atom is -0.497 e. The second kappa shape index (κ2) is 5.49. The van der Waals surface area contributed by atoms with Gasteiger partial charge >= 0.3 is 0 Å². The summed E-state index contributed by atoms with van der Waals surface area (Å²) in [6.07, 6.45) is 0. The van der Waals surface area contributed by atoms with Crippen LogP contribution in [0.25, 0.3) is 21.9 Å². The fraction of sp³-hybridized carbons (Fsp3) is 0.0833. The average molecular weight is 322 g/mol. The number of ether oxygens (including phenoxy) is 1. The van der Waals surface area contributed by atoms with Crippen LogP contribution in [-0.4, -0.2) is 7.11 Å². The van der Waals surface area contributed by atoms with Crippen molar-refractivity contribution < 1.29 is 4.74 Å². The van der Waals surface area contributed by atoms with E-state index in [9.17, 15) is 0 Å². The van der Waals surface area contributed by atoms with Gasteiger partial charge in [0.1, 0.15) is 5.75 Å². The van der Waals surface area contributed by atoms with Crippen LogP contribution in [0.1, 0.15) is 22.6 Å². The summed E-state index contributed by atoms with van der Waals surface area (Å²) in [5, 5.41) is 2.63. The fourth-order valence-corrected chi connectivity index (χ4v) is 4.14. The predicted molar refractivity (Wildman–Crippen MR) is 103 cm³/mol. The molecule has 1 heteroatoms. The maximum atomic E-state index is 5.51. The van der Waals surface area contributed by atoms with Crippen LogP contribution in [0, 0.1) is 0 Å². The van der Waals surface area contributed by atoms with E-state index in [1.807, 2.05) is 0 Å². The van der Waals surface area contributed by atoms with E-state index in [1.165, 1.54) is 38.6 Å². The lowest BCUT2D eigenvalue weighted by Gasteiger charge is -2.16. The summed E-state index contributed by atoms with van der Waals surface area (Å²) in [6.45, 7) is 0. The number of benzene rings is 4. The molecule has 0 spiro atoms. The Labute approximate surface area is 147 Å². The molecule has 1 atom stereocenters. The van der Waals surface area contributed by atoms with Crippen LogP contribution in [0.2, 0.25) is 0 Å². The maximum absolute atomic E-state index is 5.51. The van der Waals surface area contributed by atoms with Crippen molar-refractivity contribution in [1.29, 1.82) is 0 Å². The molecule has 1 unspecified atom stereocenters. The first kappa shape index (κ1) is 14.3. The Morgan fingerprint density at radius 1 is 0.720 bits per heavy atom. The zero-order chi connectivity index (χ0) is 16.8. The van der Waals surface area contributed by atoms with Crippen LogP contribution in [0.3, 0.4) is 0 Å². The number of rotatable bonds is 2. The molecule has 0 bridgehead atoms. The quantitative estimate of drug-likeness (QED) is 0.387. The minimum atomic E-state index is 0.243. The first-order valence-corrected chi connectivity index (χ1v) is 8.62. The normalized spacial score (nSPS) is 15.0. The van der Waals surface area contributed by atoms with E-state index in [0.717, 1.165) is 5.75 Å². The zero-order valence-electron chi connectivity index (χ0n) is 14.1. The molecule has 120 valence electrons. The van der Waals surface area contributed by atoms with E-state index in [-0.39, 0.29) is 5.92 Å². The summed E-state index contributed by atoms with van der Waals surface area (Å²) in [4.78, 5) is 0. The van der Waals surface area contributed by atoms with Gasteiger partial charge in [0.15, 0.2) is 0 Å². The Kier molecular flexibility index (Phi) is 3.14. The second-order valence-electron chi connectivity index (χ2n) is 6.54. The smallest absolute Gasteiger partial charge is 0.119 e. The molecule has 4 aromatic carbocycles. The molecule has 1 nitrogen and oxygen atoms in total. The van der Waals surface area contributed by atoms with Gasteiger partial charge in [0.05, 0.1) is 7.11 Å². The molecule has 1 aliphatic carbocycles. The minimum absolute atomic E-state index is 0.243. The molecular weight excluding hydrogens is 304 g/mol. The third-order valence-corrected chi connectivity index (χ3v) is 5.25. The van der Waals surface area contributed by atoms with Gasteiger partial charge in [0, 0.05) is 5.92 Å². The number of fused-ring (bicyclic) bond motifs is 5. The van der Waals surface area contributed by atoms with Gasteiger partial charge in [-0.1, -0.05) is 72.8 Å². The van der Waals surface area contributed by atoms with Crippen molar-refractivity contribution in [3.05, 3.63) is 102 Å². The summed E-state index contributed by atoms with van der Waals surface area (Å²) >= 11 is 0. The lowest BCUT2D eigenvalue weighted by molar-refractivity contribution is 0.414. The molecule has 0 aromatic heterocycles. The van der Waals surface area contributed by atoms with E-state index in [2.05, 4.69) is 84.9 Å². The summed E-state index contributed by atoms with van der Waals surface area (Å²) in [6, 6.07) is 30.4. The van der Waals surface area contributed by atoms with Crippen molar-refractivity contribution >= 4 is 10.8 Å². The first-order valence-electron chi connectivity index (χ1n) is 8.62. The SMILES string of the molecule is COc1ccc2c(c1)C(c1ccccc1)c1c-2ccc2ccccc12. The highest BCUT2D eigenvalue weighted by Crippen LogP contribution is 2.51. The highest BCUT2D eigenvalue weighted by Gasteiger charge is 2.31. The van der Waals surface area contributed by atoms with Crippen LogP contribution in [-0.2, 0) is 0 Å². The van der Waals surface area contributed by atoms with Crippen LogP contribution in [0.15, 0.2) is 84.9 Å². The van der Waals surface area contributed by atoms with E-state index < -0.39 is 0 Å². The molecule has 0 fully saturated rings. The monoisotopic (exact) mass is 322 g/mol. The molecule has 0 N–H and O–H groups in total. The predicted octanol–water partition coefficient (Wildman–Crippen LogP) is 6.01. The van der Waals surface area contributed by atoms with Gasteiger partial charge in [-0.15, -0.1) is 0 Å². The molecule has 25 heavy (non-hydrogen) atoms. The summed E-state index contributed by atoms with van der Waals surface area (Å²) in [7, 11) is 1.73. The van der Waals surface area contributed by atoms with Crippen molar-refractivity contribution in [2.75, 3.05) is 7.11 Å². The summed E-state index contributed by atoms with van der Waals surface area (Å²) in [5.41, 5.74) is 6.72. The second-order valence-corrected chi connectivity index (χ2v) is 6.54. The Balaban J connectivity index is 1.88. The molecule has 0 radical (unpaired) electrons. The number of hydrogen-bond donors (Lipinski definition) is 0. The standard InChI is InChI=1S/C24H18O/c1-25-18-12-14-20-21-13-11-16-7-5-6-10-19(16)24(21)23(22(20)15-18)17-8-3-2-4-9-17/h2-15,23H,1H3. The average Bonchev–Trinajstić information content (AvgIpc) is 3.02. The lowest BCUT2D eigenvalue weighted by atomic mass is 9.87. The molecular formula is C24H18O. The zero-order valence-corrected chi connectivity index (χ0v) is 14.1. The van der Waals surface area contributed by atoms with Gasteiger partial charge in [0.25, 0.3) is 0 Å². The van der Waals surface area contributed by atoms with Gasteiger partial charge in [-0.05, 0) is 50.7 Å². The largest absolute Gasteiger partial charge is 0.497 e. The lowest BCUT2D eigenvalue weighted by Crippen LogP contribution is -2.00. The Hall–Kier alpha value is -3.06. The molecule has 5 rings (SSSR count). The topological polar surface area (TPSA) is 9.23 Å². The van der Waals surface area contributed by atoms with E-state index in [4.69, 9.17) is 4.74 Å². The first-order chi connectivity index (χ1) is 12.4. The van der Waals surface area contributed by atoms with Gasteiger partial charge in [-0.3, -0.25) is 0 Å². The van der Waals surface area contributed by atoms with Crippen LogP contribution in [0.5, 0.6) is 5.75 Å². The highest BCUT2D eigenvalue weighted by molar-refractivity contribution is 5.97. The summed E-state index contributed by atoms with van der Waals surface area (Å²) < 4.78 is 5.51. The molecule has 0 aliphatic heterocycles. The van der Waals surface area contributed by atoms with Crippen molar-refractivity contribution in [1.82, 2.24) is 0 Å². The van der Waals surface area contributed by atoms with Crippen LogP contribution in [0.4, 0.5) is 0 Å². The van der Waals surface area contributed by atoms with Crippen molar-refractivity contribution in [2.45, 2.75) is 5.92 Å². The van der Waals surface area contributed by atoms with Crippen LogP contribution >= 0.6 is 0 Å². The number of methoxy groups -OCH3 is 1. The van der Waals surface area contributed by atoms with Gasteiger partial charge in [-0.25, -0.2) is 0 Å². The van der Waals surface area contributed by atoms with Crippen molar-refractivity contribution in [3.8, 4) is 16.9 Å². The Bertz CT molecular complexity index is 1080. The molecule has 1 aliphatic rings. The third-order valence-electron chi connectivity index (χ3n) is 5.25. The van der Waals surface area contributed by atoms with E-state index >= 15 is 0 Å². The van der Waals surface area contributed by atoms with Crippen molar-refractivity contribution in [2.24, 2.45) is 0 Å². The molecule has 4 aromatic rings. The molecule has 0 amide bonds. The summed E-state index contributed by atoms with van der Waals surface area (Å²) in [5.74, 6) is 1.16. The van der Waals surface area contributed by atoms with E-state index in [1.54, 1.807) is 7.11 Å².